The van der Waals surface area contributed by atoms with Crippen LogP contribution in [0.1, 0.15) is 24.2 Å². The lowest BCUT2D eigenvalue weighted by Gasteiger charge is -2.09. The number of rotatable bonds is 6. The molecule has 5 nitrogen and oxygen atoms in total. The van der Waals surface area contributed by atoms with Gasteiger partial charge in [0.05, 0.1) is 6.61 Å². The van der Waals surface area contributed by atoms with E-state index in [9.17, 15) is 14.0 Å². The Labute approximate surface area is 117 Å². The first-order valence-electron chi connectivity index (χ1n) is 6.43. The molecule has 2 N–H and O–H groups in total. The van der Waals surface area contributed by atoms with Crippen molar-refractivity contribution in [3.05, 3.63) is 35.6 Å². The van der Waals surface area contributed by atoms with Crippen molar-refractivity contribution >= 4 is 12.0 Å². The summed E-state index contributed by atoms with van der Waals surface area (Å²) in [7, 11) is 0. The van der Waals surface area contributed by atoms with Gasteiger partial charge in [0.1, 0.15) is 5.82 Å². The number of hydrogen-bond donors (Lipinski definition) is 2. The lowest BCUT2D eigenvalue weighted by atomic mass is 10.2. The molecule has 6 heteroatoms. The van der Waals surface area contributed by atoms with Crippen LogP contribution in [0.25, 0.3) is 0 Å². The van der Waals surface area contributed by atoms with Crippen LogP contribution in [0, 0.1) is 11.7 Å². The summed E-state index contributed by atoms with van der Waals surface area (Å²) in [6.45, 7) is 4.77. The molecule has 0 unspecified atom stereocenters. The average molecular weight is 282 g/mol. The van der Waals surface area contributed by atoms with Gasteiger partial charge in [-0.05, 0) is 30.2 Å². The normalized spacial score (nSPS) is 10.2. The molecule has 0 aliphatic rings. The second-order valence-corrected chi connectivity index (χ2v) is 4.68. The predicted molar refractivity (Wildman–Crippen MR) is 72.9 cm³/mol. The van der Waals surface area contributed by atoms with Crippen molar-refractivity contribution in [1.29, 1.82) is 0 Å². The zero-order valence-electron chi connectivity index (χ0n) is 11.6. The summed E-state index contributed by atoms with van der Waals surface area (Å²) in [4.78, 5) is 22.9. The van der Waals surface area contributed by atoms with Crippen LogP contribution in [0.2, 0.25) is 0 Å². The number of halogens is 1. The zero-order chi connectivity index (χ0) is 15.0. The highest BCUT2D eigenvalue weighted by atomic mass is 19.1. The van der Waals surface area contributed by atoms with E-state index in [0.717, 1.165) is 0 Å². The Hall–Kier alpha value is -2.11. The molecule has 0 aliphatic carbocycles. The van der Waals surface area contributed by atoms with Crippen LogP contribution in [0.3, 0.4) is 0 Å². The molecular formula is C14H19FN2O3. The number of hydrogen-bond acceptors (Lipinski definition) is 3. The fourth-order valence-electron chi connectivity index (χ4n) is 1.34. The highest BCUT2D eigenvalue weighted by Gasteiger charge is 2.06. The summed E-state index contributed by atoms with van der Waals surface area (Å²) in [6.07, 6.45) is -0.505. The van der Waals surface area contributed by atoms with E-state index >= 15 is 0 Å². The van der Waals surface area contributed by atoms with E-state index in [1.165, 1.54) is 24.3 Å². The van der Waals surface area contributed by atoms with Gasteiger partial charge in [0.2, 0.25) is 0 Å². The minimum absolute atomic E-state index is 0.268. The van der Waals surface area contributed by atoms with E-state index in [2.05, 4.69) is 10.6 Å². The van der Waals surface area contributed by atoms with E-state index in [-0.39, 0.29) is 24.9 Å². The molecule has 1 aromatic rings. The monoisotopic (exact) mass is 282 g/mol. The maximum absolute atomic E-state index is 12.7. The van der Waals surface area contributed by atoms with Crippen LogP contribution in [0.15, 0.2) is 24.3 Å². The number of amides is 2. The van der Waals surface area contributed by atoms with Gasteiger partial charge in [0.25, 0.3) is 5.91 Å². The van der Waals surface area contributed by atoms with Crippen LogP contribution < -0.4 is 10.6 Å². The SMILES string of the molecule is CC(C)COC(=O)NCCNC(=O)c1ccc(F)cc1. The highest BCUT2D eigenvalue weighted by molar-refractivity contribution is 5.94. The summed E-state index contributed by atoms with van der Waals surface area (Å²) >= 11 is 0. The van der Waals surface area contributed by atoms with Gasteiger partial charge in [-0.1, -0.05) is 13.8 Å². The Morgan fingerprint density at radius 2 is 1.75 bits per heavy atom. The number of alkyl carbamates (subject to hydrolysis) is 1. The smallest absolute Gasteiger partial charge is 0.407 e. The van der Waals surface area contributed by atoms with Crippen LogP contribution >= 0.6 is 0 Å². The molecule has 0 saturated carbocycles. The number of benzene rings is 1. The molecule has 20 heavy (non-hydrogen) atoms. The fraction of sp³-hybridized carbons (Fsp3) is 0.429. The van der Waals surface area contributed by atoms with Crippen LogP contribution in [0.5, 0.6) is 0 Å². The first kappa shape index (κ1) is 15.9. The molecule has 1 rings (SSSR count). The molecule has 0 radical (unpaired) electrons. The van der Waals surface area contributed by atoms with Crippen molar-refractivity contribution in [3.63, 3.8) is 0 Å². The number of carbonyl (C=O) groups excluding carboxylic acids is 2. The minimum atomic E-state index is -0.505. The van der Waals surface area contributed by atoms with Crippen LogP contribution in [-0.4, -0.2) is 31.7 Å². The lowest BCUT2D eigenvalue weighted by molar-refractivity contribution is 0.0951. The Morgan fingerprint density at radius 1 is 1.15 bits per heavy atom. The Morgan fingerprint density at radius 3 is 2.35 bits per heavy atom. The van der Waals surface area contributed by atoms with E-state index < -0.39 is 11.9 Å². The predicted octanol–water partition coefficient (Wildman–Crippen LogP) is 1.94. The largest absolute Gasteiger partial charge is 0.449 e. The molecule has 0 bridgehead atoms. The molecule has 0 fully saturated rings. The van der Waals surface area contributed by atoms with Crippen LogP contribution in [0.4, 0.5) is 9.18 Å². The molecule has 0 saturated heterocycles. The summed E-state index contributed by atoms with van der Waals surface area (Å²) in [5.41, 5.74) is 0.369. The van der Waals surface area contributed by atoms with E-state index in [4.69, 9.17) is 4.74 Å². The maximum Gasteiger partial charge on any atom is 0.407 e. The van der Waals surface area contributed by atoms with Gasteiger partial charge in [-0.25, -0.2) is 9.18 Å². The number of nitrogens with one attached hydrogen (secondary N) is 2. The van der Waals surface area contributed by atoms with Crippen molar-refractivity contribution in [1.82, 2.24) is 10.6 Å². The summed E-state index contributed by atoms with van der Waals surface area (Å²) < 4.78 is 17.6. The second kappa shape index (κ2) is 8.14. The molecule has 0 spiro atoms. The third kappa shape index (κ3) is 6.17. The van der Waals surface area contributed by atoms with E-state index in [1.807, 2.05) is 13.8 Å². The Bertz CT molecular complexity index is 446. The Kier molecular flexibility index (Phi) is 6.49. The molecule has 1 aromatic carbocycles. The van der Waals surface area contributed by atoms with Gasteiger partial charge < -0.3 is 15.4 Å². The molecule has 0 aromatic heterocycles. The van der Waals surface area contributed by atoms with Gasteiger partial charge in [0.15, 0.2) is 0 Å². The van der Waals surface area contributed by atoms with Crippen molar-refractivity contribution in [2.75, 3.05) is 19.7 Å². The van der Waals surface area contributed by atoms with Gasteiger partial charge >= 0.3 is 6.09 Å². The standard InChI is InChI=1S/C14H19FN2O3/c1-10(2)9-20-14(19)17-8-7-16-13(18)11-3-5-12(15)6-4-11/h3-6,10H,7-9H2,1-2H3,(H,16,18)(H,17,19). The number of carbonyl (C=O) groups is 2. The van der Waals surface area contributed by atoms with Gasteiger partial charge in [0, 0.05) is 18.7 Å². The fourth-order valence-corrected chi connectivity index (χ4v) is 1.34. The molecule has 2 amide bonds. The average Bonchev–Trinajstić information content (AvgIpc) is 2.42. The van der Waals surface area contributed by atoms with E-state index in [0.29, 0.717) is 12.2 Å². The highest BCUT2D eigenvalue weighted by Crippen LogP contribution is 2.01. The zero-order valence-corrected chi connectivity index (χ0v) is 11.6. The van der Waals surface area contributed by atoms with Gasteiger partial charge in [-0.15, -0.1) is 0 Å². The van der Waals surface area contributed by atoms with Crippen molar-refractivity contribution < 1.29 is 18.7 Å². The number of ether oxygens (including phenoxy) is 1. The Balaban J connectivity index is 2.19. The van der Waals surface area contributed by atoms with Gasteiger partial charge in [-0.2, -0.15) is 0 Å². The molecule has 0 atom stereocenters. The topological polar surface area (TPSA) is 67.4 Å². The van der Waals surface area contributed by atoms with Crippen LogP contribution in [-0.2, 0) is 4.74 Å². The third-order valence-electron chi connectivity index (χ3n) is 2.33. The van der Waals surface area contributed by atoms with Crippen molar-refractivity contribution in [3.8, 4) is 0 Å². The second-order valence-electron chi connectivity index (χ2n) is 4.68. The summed E-state index contributed by atoms with van der Waals surface area (Å²) in [5, 5.41) is 5.13. The third-order valence-corrected chi connectivity index (χ3v) is 2.33. The molecule has 0 heterocycles. The summed E-state index contributed by atoms with van der Waals surface area (Å²) in [6, 6.07) is 5.23. The first-order chi connectivity index (χ1) is 9.49. The van der Waals surface area contributed by atoms with Gasteiger partial charge in [-0.3, -0.25) is 4.79 Å². The maximum atomic E-state index is 12.7. The van der Waals surface area contributed by atoms with Crippen molar-refractivity contribution in [2.45, 2.75) is 13.8 Å². The molecular weight excluding hydrogens is 263 g/mol. The lowest BCUT2D eigenvalue weighted by Crippen LogP contribution is -2.35. The summed E-state index contributed by atoms with van der Waals surface area (Å²) in [5.74, 6) is -0.433. The minimum Gasteiger partial charge on any atom is -0.449 e. The first-order valence-corrected chi connectivity index (χ1v) is 6.43. The van der Waals surface area contributed by atoms with Crippen molar-refractivity contribution in [2.24, 2.45) is 5.92 Å². The molecule has 110 valence electrons. The quantitative estimate of drug-likeness (QED) is 0.783. The molecule has 0 aliphatic heterocycles. The van der Waals surface area contributed by atoms with E-state index in [1.54, 1.807) is 0 Å².